The van der Waals surface area contributed by atoms with Gasteiger partial charge in [-0.1, -0.05) is 24.3 Å². The van der Waals surface area contributed by atoms with Crippen molar-refractivity contribution in [3.8, 4) is 11.1 Å². The van der Waals surface area contributed by atoms with E-state index < -0.39 is 11.9 Å². The second-order valence-corrected chi connectivity index (χ2v) is 5.51. The summed E-state index contributed by atoms with van der Waals surface area (Å²) in [6, 6.07) is 12.2. The minimum atomic E-state index is -1.55. The van der Waals surface area contributed by atoms with Gasteiger partial charge in [-0.15, -0.1) is 0 Å². The van der Waals surface area contributed by atoms with Gasteiger partial charge in [-0.3, -0.25) is 4.98 Å². The number of nitrogens with zero attached hydrogens (tertiary/aromatic N) is 1. The van der Waals surface area contributed by atoms with Crippen LogP contribution in [-0.2, 0) is 9.59 Å². The third-order valence-corrected chi connectivity index (χ3v) is 3.65. The molecule has 1 heterocycles. The lowest BCUT2D eigenvalue weighted by atomic mass is 9.97. The molecule has 3 aromatic rings. The summed E-state index contributed by atoms with van der Waals surface area (Å²) in [5.41, 5.74) is 9.54. The Labute approximate surface area is 154 Å². The number of carbonyl (C=O) groups is 2. The van der Waals surface area contributed by atoms with Crippen molar-refractivity contribution in [2.75, 3.05) is 5.73 Å². The van der Waals surface area contributed by atoms with Crippen molar-refractivity contribution in [3.05, 3.63) is 72.3 Å². The molecule has 0 bridgehead atoms. The number of aromatic nitrogens is 1. The van der Waals surface area contributed by atoms with Crippen LogP contribution >= 0.6 is 0 Å². The molecule has 0 atom stereocenters. The van der Waals surface area contributed by atoms with Gasteiger partial charge in [0.1, 0.15) is 5.82 Å². The first-order chi connectivity index (χ1) is 12.8. The van der Waals surface area contributed by atoms with E-state index >= 15 is 0 Å². The molecule has 0 aliphatic heterocycles. The zero-order valence-electron chi connectivity index (χ0n) is 14.3. The largest absolute Gasteiger partial charge is 0.545 e. The van der Waals surface area contributed by atoms with Gasteiger partial charge in [-0.2, -0.15) is 0 Å². The average Bonchev–Trinajstić information content (AvgIpc) is 2.62. The average molecular weight is 366 g/mol. The van der Waals surface area contributed by atoms with Crippen molar-refractivity contribution in [1.82, 2.24) is 4.98 Å². The number of carboxylic acid groups (broad SMARTS) is 2. The number of aryl methyl sites for hydroxylation is 1. The molecular weight excluding hydrogens is 351 g/mol. The molecular formula is C20H15FN2O4-2. The lowest BCUT2D eigenvalue weighted by molar-refractivity contribution is -0.301. The summed E-state index contributed by atoms with van der Waals surface area (Å²) in [5, 5.41) is 20.8. The zero-order chi connectivity index (χ0) is 20.0. The van der Waals surface area contributed by atoms with E-state index in [0.717, 1.165) is 27.6 Å². The predicted molar refractivity (Wildman–Crippen MR) is 95.4 cm³/mol. The Bertz CT molecular complexity index is 998. The number of nitrogen functional groups attached to an aromatic ring is 1. The number of carboxylic acids is 2. The molecule has 0 aliphatic rings. The van der Waals surface area contributed by atoms with Crippen molar-refractivity contribution in [1.29, 1.82) is 0 Å². The quantitative estimate of drug-likeness (QED) is 0.545. The second-order valence-electron chi connectivity index (χ2n) is 5.51. The number of nitrogens with two attached hydrogens (primary N) is 1. The van der Waals surface area contributed by atoms with E-state index in [4.69, 9.17) is 5.73 Å². The van der Waals surface area contributed by atoms with Crippen LogP contribution in [0.4, 0.5) is 10.1 Å². The molecule has 2 aromatic carbocycles. The lowest BCUT2D eigenvalue weighted by Gasteiger charge is -2.11. The fourth-order valence-corrected chi connectivity index (χ4v) is 2.48. The number of pyridine rings is 1. The van der Waals surface area contributed by atoms with Crippen molar-refractivity contribution in [3.63, 3.8) is 0 Å². The van der Waals surface area contributed by atoms with Crippen LogP contribution in [0.15, 0.2) is 60.8 Å². The van der Waals surface area contributed by atoms with E-state index in [2.05, 4.69) is 4.98 Å². The number of hydrogen-bond acceptors (Lipinski definition) is 6. The van der Waals surface area contributed by atoms with Crippen LogP contribution in [-0.4, -0.2) is 16.9 Å². The van der Waals surface area contributed by atoms with Crippen LogP contribution < -0.4 is 15.9 Å². The Morgan fingerprint density at radius 2 is 1.59 bits per heavy atom. The number of rotatable bonds is 3. The number of halogens is 1. The first-order valence-electron chi connectivity index (χ1n) is 7.79. The number of fused-ring (bicyclic) bond motifs is 1. The molecule has 2 N–H and O–H groups in total. The third kappa shape index (κ3) is 5.12. The molecule has 0 amide bonds. The van der Waals surface area contributed by atoms with Crippen LogP contribution in [0.3, 0.4) is 0 Å². The SMILES string of the molecule is Cc1ncc2c(N)cccc2c1-c1ccc(F)cc1.O=C([O-])/C=C\C(=O)[O-]. The van der Waals surface area contributed by atoms with Gasteiger partial charge >= 0.3 is 0 Å². The van der Waals surface area contributed by atoms with Gasteiger partial charge in [0.2, 0.25) is 0 Å². The summed E-state index contributed by atoms with van der Waals surface area (Å²) in [4.78, 5) is 23.2. The molecule has 0 aliphatic carbocycles. The minimum absolute atomic E-state index is 0.242. The molecule has 0 fully saturated rings. The highest BCUT2D eigenvalue weighted by Crippen LogP contribution is 2.32. The zero-order valence-corrected chi connectivity index (χ0v) is 14.3. The molecule has 0 saturated carbocycles. The van der Waals surface area contributed by atoms with Gasteiger partial charge < -0.3 is 25.5 Å². The van der Waals surface area contributed by atoms with Crippen molar-refractivity contribution >= 4 is 28.4 Å². The Morgan fingerprint density at radius 3 is 2.15 bits per heavy atom. The minimum Gasteiger partial charge on any atom is -0.545 e. The van der Waals surface area contributed by atoms with E-state index in [9.17, 15) is 24.2 Å². The standard InChI is InChI=1S/C16H13FN2.C4H4O4/c1-10-16(11-5-7-12(17)8-6-11)13-3-2-4-15(18)14(13)9-19-10;5-3(6)1-2-4(7)8/h2-9H,18H2,1H3;1-2H,(H,5,6)(H,7,8)/p-2/b;2-1-. The Hall–Kier alpha value is -3.74. The summed E-state index contributed by atoms with van der Waals surface area (Å²) < 4.78 is 13.0. The van der Waals surface area contributed by atoms with Crippen LogP contribution in [0.25, 0.3) is 21.9 Å². The molecule has 0 unspecified atom stereocenters. The van der Waals surface area contributed by atoms with Crippen LogP contribution in [0.5, 0.6) is 0 Å². The highest BCUT2D eigenvalue weighted by Gasteiger charge is 2.10. The molecule has 138 valence electrons. The molecule has 7 heteroatoms. The number of aliphatic carboxylic acids is 2. The lowest BCUT2D eigenvalue weighted by Crippen LogP contribution is -2.23. The van der Waals surface area contributed by atoms with Crippen LogP contribution in [0, 0.1) is 12.7 Å². The van der Waals surface area contributed by atoms with E-state index in [0.29, 0.717) is 17.8 Å². The van der Waals surface area contributed by atoms with Gasteiger partial charge in [0.15, 0.2) is 0 Å². The number of anilines is 1. The molecule has 0 radical (unpaired) electrons. The summed E-state index contributed by atoms with van der Waals surface area (Å²) in [7, 11) is 0. The summed E-state index contributed by atoms with van der Waals surface area (Å²) >= 11 is 0. The smallest absolute Gasteiger partial charge is 0.123 e. The van der Waals surface area contributed by atoms with Crippen molar-refractivity contribution in [2.45, 2.75) is 6.92 Å². The number of benzene rings is 2. The molecule has 6 nitrogen and oxygen atoms in total. The van der Waals surface area contributed by atoms with Crippen LogP contribution in [0.1, 0.15) is 5.69 Å². The molecule has 3 rings (SSSR count). The molecule has 1 aromatic heterocycles. The van der Waals surface area contributed by atoms with Gasteiger partial charge in [0.05, 0.1) is 11.9 Å². The fourth-order valence-electron chi connectivity index (χ4n) is 2.48. The number of hydrogen-bond donors (Lipinski definition) is 1. The fraction of sp³-hybridized carbons (Fsp3) is 0.0500. The molecule has 0 saturated heterocycles. The maximum absolute atomic E-state index is 13.0. The maximum Gasteiger partial charge on any atom is 0.123 e. The predicted octanol–water partition coefficient (Wildman–Crippen LogP) is 0.974. The summed E-state index contributed by atoms with van der Waals surface area (Å²) in [5.74, 6) is -3.34. The summed E-state index contributed by atoms with van der Waals surface area (Å²) in [6.07, 6.45) is 2.55. The number of carbonyl (C=O) groups excluding carboxylic acids is 2. The first-order valence-corrected chi connectivity index (χ1v) is 7.79. The highest BCUT2D eigenvalue weighted by atomic mass is 19.1. The normalized spacial score (nSPS) is 10.4. The molecule has 0 spiro atoms. The molecule has 27 heavy (non-hydrogen) atoms. The van der Waals surface area contributed by atoms with E-state index in [-0.39, 0.29) is 5.82 Å². The Morgan fingerprint density at radius 1 is 1.00 bits per heavy atom. The van der Waals surface area contributed by atoms with Gasteiger partial charge in [0, 0.05) is 28.5 Å². The topological polar surface area (TPSA) is 119 Å². The van der Waals surface area contributed by atoms with E-state index in [1.54, 1.807) is 18.3 Å². The van der Waals surface area contributed by atoms with Gasteiger partial charge in [-0.25, -0.2) is 4.39 Å². The monoisotopic (exact) mass is 366 g/mol. The van der Waals surface area contributed by atoms with E-state index in [1.165, 1.54) is 12.1 Å². The first kappa shape index (κ1) is 19.6. The van der Waals surface area contributed by atoms with Crippen molar-refractivity contribution in [2.24, 2.45) is 0 Å². The Balaban J connectivity index is 0.000000279. The third-order valence-electron chi connectivity index (χ3n) is 3.65. The van der Waals surface area contributed by atoms with Crippen molar-refractivity contribution < 1.29 is 24.2 Å². The highest BCUT2D eigenvalue weighted by molar-refractivity contribution is 6.02. The maximum atomic E-state index is 13.0. The van der Waals surface area contributed by atoms with Crippen LogP contribution in [0.2, 0.25) is 0 Å². The van der Waals surface area contributed by atoms with E-state index in [1.807, 2.05) is 25.1 Å². The second kappa shape index (κ2) is 8.57. The van der Waals surface area contributed by atoms with Gasteiger partial charge in [0.25, 0.3) is 0 Å². The van der Waals surface area contributed by atoms with Gasteiger partial charge in [-0.05, 0) is 48.2 Å². The Kier molecular flexibility index (Phi) is 6.22. The summed E-state index contributed by atoms with van der Waals surface area (Å²) in [6.45, 7) is 1.95.